The van der Waals surface area contributed by atoms with Crippen LogP contribution in [-0.2, 0) is 28.7 Å². The average Bonchev–Trinajstić information content (AvgIpc) is 3.15. The van der Waals surface area contributed by atoms with Crippen LogP contribution in [0.5, 0.6) is 0 Å². The molecule has 0 saturated carbocycles. The summed E-state index contributed by atoms with van der Waals surface area (Å²) in [7, 11) is 0. The van der Waals surface area contributed by atoms with Crippen molar-refractivity contribution in [2.45, 2.75) is 12.7 Å². The molecule has 2 amide bonds. The van der Waals surface area contributed by atoms with Gasteiger partial charge in [0.2, 0.25) is 5.91 Å². The Bertz CT molecular complexity index is 1160. The third-order valence-corrected chi connectivity index (χ3v) is 6.19. The average molecular weight is 465 g/mol. The zero-order valence-electron chi connectivity index (χ0n) is 16.6. The zero-order chi connectivity index (χ0) is 22.9. The molecule has 12 heteroatoms. The molecular formula is C20H18F3N5O3S. The molecule has 1 fully saturated rings. The molecule has 4 rings (SSSR count). The van der Waals surface area contributed by atoms with E-state index in [1.807, 2.05) is 0 Å². The molecule has 0 spiro atoms. The SMILES string of the molecule is O=C(Nc1ccc2nn(CC(=O)N3CC[S+]([O-])CC3)cc2c1)c1cccc(C(F)(F)F)n1. The van der Waals surface area contributed by atoms with Crippen LogP contribution in [0.4, 0.5) is 18.9 Å². The van der Waals surface area contributed by atoms with E-state index < -0.39 is 29.0 Å². The maximum atomic E-state index is 12.8. The quantitative estimate of drug-likeness (QED) is 0.596. The number of alkyl halides is 3. The first-order valence-electron chi connectivity index (χ1n) is 9.64. The van der Waals surface area contributed by atoms with Crippen molar-refractivity contribution in [2.24, 2.45) is 0 Å². The largest absolute Gasteiger partial charge is 0.616 e. The van der Waals surface area contributed by atoms with Gasteiger partial charge in [0, 0.05) is 17.3 Å². The fraction of sp³-hybridized carbons (Fsp3) is 0.300. The van der Waals surface area contributed by atoms with E-state index in [4.69, 9.17) is 0 Å². The maximum Gasteiger partial charge on any atom is 0.433 e. The fourth-order valence-electron chi connectivity index (χ4n) is 3.28. The summed E-state index contributed by atoms with van der Waals surface area (Å²) in [6.07, 6.45) is -3.00. The van der Waals surface area contributed by atoms with E-state index in [0.717, 1.165) is 12.1 Å². The Morgan fingerprint density at radius 1 is 1.16 bits per heavy atom. The van der Waals surface area contributed by atoms with Crippen molar-refractivity contribution in [3.63, 3.8) is 0 Å². The Kier molecular flexibility index (Phi) is 6.07. The summed E-state index contributed by atoms with van der Waals surface area (Å²) in [5.74, 6) is 0.0342. The first-order chi connectivity index (χ1) is 15.2. The van der Waals surface area contributed by atoms with Crippen LogP contribution >= 0.6 is 0 Å². The second-order valence-electron chi connectivity index (χ2n) is 7.19. The van der Waals surface area contributed by atoms with Crippen LogP contribution in [0.3, 0.4) is 0 Å². The highest BCUT2D eigenvalue weighted by atomic mass is 32.2. The molecule has 3 heterocycles. The molecule has 1 aliphatic heterocycles. The minimum Gasteiger partial charge on any atom is -0.616 e. The van der Waals surface area contributed by atoms with Crippen molar-refractivity contribution >= 4 is 39.6 Å². The topological polar surface area (TPSA) is 103 Å². The number of carbonyl (C=O) groups is 2. The molecule has 168 valence electrons. The second kappa shape index (κ2) is 8.79. The molecule has 1 N–H and O–H groups in total. The van der Waals surface area contributed by atoms with Gasteiger partial charge in [-0.3, -0.25) is 14.3 Å². The number of nitrogens with one attached hydrogen (secondary N) is 1. The first-order valence-corrected chi connectivity index (χ1v) is 11.1. The summed E-state index contributed by atoms with van der Waals surface area (Å²) in [6.45, 7) is 0.926. The van der Waals surface area contributed by atoms with Gasteiger partial charge in [-0.2, -0.15) is 18.3 Å². The molecule has 0 bridgehead atoms. The van der Waals surface area contributed by atoms with Gasteiger partial charge < -0.3 is 14.8 Å². The Labute approximate surface area is 183 Å². The molecule has 0 radical (unpaired) electrons. The number of rotatable bonds is 4. The lowest BCUT2D eigenvalue weighted by Gasteiger charge is -2.28. The molecule has 0 unspecified atom stereocenters. The number of halogens is 3. The lowest BCUT2D eigenvalue weighted by molar-refractivity contribution is -0.141. The van der Waals surface area contributed by atoms with E-state index in [1.54, 1.807) is 29.3 Å². The van der Waals surface area contributed by atoms with Gasteiger partial charge >= 0.3 is 6.18 Å². The smallest absolute Gasteiger partial charge is 0.433 e. The molecule has 3 aromatic rings. The van der Waals surface area contributed by atoms with Crippen LogP contribution < -0.4 is 5.32 Å². The Hall–Kier alpha value is -3.12. The number of pyridine rings is 1. The Morgan fingerprint density at radius 2 is 1.91 bits per heavy atom. The number of aromatic nitrogens is 3. The van der Waals surface area contributed by atoms with E-state index in [9.17, 15) is 27.3 Å². The minimum absolute atomic E-state index is 0.0250. The number of nitrogens with zero attached hydrogens (tertiary/aromatic N) is 4. The maximum absolute atomic E-state index is 12.8. The Balaban J connectivity index is 1.45. The Morgan fingerprint density at radius 3 is 2.62 bits per heavy atom. The van der Waals surface area contributed by atoms with Crippen LogP contribution in [0.25, 0.3) is 10.9 Å². The number of hydrogen-bond donors (Lipinski definition) is 1. The van der Waals surface area contributed by atoms with Crippen molar-refractivity contribution in [1.29, 1.82) is 0 Å². The minimum atomic E-state index is -4.65. The van der Waals surface area contributed by atoms with Crippen molar-refractivity contribution in [2.75, 3.05) is 29.9 Å². The van der Waals surface area contributed by atoms with Gasteiger partial charge in [0.15, 0.2) is 0 Å². The number of hydrogen-bond acceptors (Lipinski definition) is 5. The van der Waals surface area contributed by atoms with Crippen molar-refractivity contribution in [1.82, 2.24) is 19.7 Å². The molecule has 8 nitrogen and oxygen atoms in total. The monoisotopic (exact) mass is 465 g/mol. The first kappa shape index (κ1) is 22.1. The number of fused-ring (bicyclic) bond motifs is 1. The molecular weight excluding hydrogens is 447 g/mol. The zero-order valence-corrected chi connectivity index (χ0v) is 17.4. The highest BCUT2D eigenvalue weighted by Crippen LogP contribution is 2.27. The summed E-state index contributed by atoms with van der Waals surface area (Å²) >= 11 is -0.875. The van der Waals surface area contributed by atoms with E-state index in [1.165, 1.54) is 10.7 Å². The lowest BCUT2D eigenvalue weighted by Crippen LogP contribution is -2.45. The fourth-order valence-corrected chi connectivity index (χ4v) is 4.33. The molecule has 1 aromatic carbocycles. The predicted octanol–water partition coefficient (Wildman–Crippen LogP) is 2.29. The van der Waals surface area contributed by atoms with Gasteiger partial charge in [-0.05, 0) is 30.3 Å². The van der Waals surface area contributed by atoms with Crippen LogP contribution in [-0.4, -0.2) is 60.6 Å². The van der Waals surface area contributed by atoms with Gasteiger partial charge in [0.05, 0.1) is 18.6 Å². The van der Waals surface area contributed by atoms with Gasteiger partial charge in [-0.1, -0.05) is 17.2 Å². The third kappa shape index (κ3) is 5.02. The second-order valence-corrected chi connectivity index (χ2v) is 8.89. The molecule has 2 aromatic heterocycles. The van der Waals surface area contributed by atoms with Crippen LogP contribution in [0.2, 0.25) is 0 Å². The summed E-state index contributed by atoms with van der Waals surface area (Å²) < 4.78 is 51.4. The van der Waals surface area contributed by atoms with Gasteiger partial charge in [-0.25, -0.2) is 4.98 Å². The number of amides is 2. The van der Waals surface area contributed by atoms with Gasteiger partial charge in [-0.15, -0.1) is 0 Å². The van der Waals surface area contributed by atoms with Crippen LogP contribution in [0, 0.1) is 0 Å². The van der Waals surface area contributed by atoms with Gasteiger partial charge in [0.25, 0.3) is 5.91 Å². The summed E-state index contributed by atoms with van der Waals surface area (Å²) in [5.41, 5.74) is -0.561. The van der Waals surface area contributed by atoms with Gasteiger partial charge in [0.1, 0.15) is 29.4 Å². The van der Waals surface area contributed by atoms with E-state index in [0.29, 0.717) is 41.2 Å². The molecule has 0 aliphatic carbocycles. The van der Waals surface area contributed by atoms with E-state index in [2.05, 4.69) is 15.4 Å². The summed E-state index contributed by atoms with van der Waals surface area (Å²) in [5, 5.41) is 7.51. The highest BCUT2D eigenvalue weighted by Gasteiger charge is 2.33. The number of carbonyl (C=O) groups excluding carboxylic acids is 2. The highest BCUT2D eigenvalue weighted by molar-refractivity contribution is 7.91. The van der Waals surface area contributed by atoms with Crippen molar-refractivity contribution in [3.05, 3.63) is 54.0 Å². The number of anilines is 1. The number of benzene rings is 1. The van der Waals surface area contributed by atoms with Crippen LogP contribution in [0.15, 0.2) is 42.6 Å². The lowest BCUT2D eigenvalue weighted by atomic mass is 10.2. The molecule has 32 heavy (non-hydrogen) atoms. The predicted molar refractivity (Wildman–Crippen MR) is 111 cm³/mol. The summed E-state index contributed by atoms with van der Waals surface area (Å²) in [4.78, 5) is 29.8. The standard InChI is InChI=1S/C20H18F3N5O3S/c21-20(22,23)17-3-1-2-16(25-17)19(30)24-14-4-5-15-13(10-14)11-28(26-15)12-18(29)27-6-8-32(31)9-7-27/h1-5,10-11H,6-9,12H2,(H,24,30). The van der Waals surface area contributed by atoms with Crippen molar-refractivity contribution < 1.29 is 27.3 Å². The normalized spacial score (nSPS) is 15.2. The van der Waals surface area contributed by atoms with E-state index >= 15 is 0 Å². The van der Waals surface area contributed by atoms with Crippen molar-refractivity contribution in [3.8, 4) is 0 Å². The molecule has 1 saturated heterocycles. The summed E-state index contributed by atoms with van der Waals surface area (Å²) in [6, 6.07) is 7.92. The molecule has 1 aliphatic rings. The van der Waals surface area contributed by atoms with E-state index in [-0.39, 0.29) is 18.1 Å². The molecule has 0 atom stereocenters. The third-order valence-electron chi connectivity index (χ3n) is 4.91. The van der Waals surface area contributed by atoms with Crippen LogP contribution in [0.1, 0.15) is 16.2 Å².